The highest BCUT2D eigenvalue weighted by molar-refractivity contribution is 5.38. The quantitative estimate of drug-likeness (QED) is 0.846. The summed E-state index contributed by atoms with van der Waals surface area (Å²) in [5, 5.41) is 12.8. The van der Waals surface area contributed by atoms with Crippen molar-refractivity contribution in [1.29, 1.82) is 0 Å². The van der Waals surface area contributed by atoms with Crippen LogP contribution in [-0.2, 0) is 13.2 Å². The molecule has 0 heterocycles. The van der Waals surface area contributed by atoms with Crippen molar-refractivity contribution in [3.63, 3.8) is 0 Å². The van der Waals surface area contributed by atoms with E-state index in [9.17, 15) is 5.11 Å². The maximum Gasteiger partial charge on any atom is 0.132 e. The molecule has 3 rings (SSSR count). The van der Waals surface area contributed by atoms with Crippen LogP contribution in [0.25, 0.3) is 0 Å². The normalized spacial score (nSPS) is 14.2. The lowest BCUT2D eigenvalue weighted by atomic mass is 10.2. The molecule has 104 valence electrons. The van der Waals surface area contributed by atoms with Crippen molar-refractivity contribution >= 4 is 0 Å². The third-order valence-corrected chi connectivity index (χ3v) is 3.47. The van der Waals surface area contributed by atoms with Crippen LogP contribution in [0.15, 0.2) is 48.5 Å². The molecule has 0 spiro atoms. The summed E-state index contributed by atoms with van der Waals surface area (Å²) >= 11 is 0. The molecule has 0 atom stereocenters. The van der Waals surface area contributed by atoms with Crippen LogP contribution in [0.5, 0.6) is 11.5 Å². The molecule has 2 N–H and O–H groups in total. The summed E-state index contributed by atoms with van der Waals surface area (Å²) in [7, 11) is 0. The van der Waals surface area contributed by atoms with Crippen molar-refractivity contribution < 1.29 is 9.84 Å². The fourth-order valence-corrected chi connectivity index (χ4v) is 2.09. The van der Waals surface area contributed by atoms with Gasteiger partial charge in [-0.3, -0.25) is 0 Å². The molecule has 1 saturated carbocycles. The number of nitrogens with one attached hydrogen (secondary N) is 1. The summed E-state index contributed by atoms with van der Waals surface area (Å²) in [5.74, 6) is 1.50. The van der Waals surface area contributed by atoms with Gasteiger partial charge >= 0.3 is 0 Å². The van der Waals surface area contributed by atoms with E-state index in [0.717, 1.165) is 23.9 Å². The molecule has 0 bridgehead atoms. The van der Waals surface area contributed by atoms with Gasteiger partial charge in [0.2, 0.25) is 0 Å². The SMILES string of the molecule is OCc1ccccc1Oc1ccc(CNC2CC2)cc1. The Kier molecular flexibility index (Phi) is 4.00. The van der Waals surface area contributed by atoms with Gasteiger partial charge in [-0.15, -0.1) is 0 Å². The Bertz CT molecular complexity index is 561. The number of para-hydroxylation sites is 1. The summed E-state index contributed by atoms with van der Waals surface area (Å²) in [4.78, 5) is 0. The van der Waals surface area contributed by atoms with Crippen molar-refractivity contribution in [3.8, 4) is 11.5 Å². The van der Waals surface area contributed by atoms with E-state index in [-0.39, 0.29) is 6.61 Å². The Labute approximate surface area is 119 Å². The lowest BCUT2D eigenvalue weighted by molar-refractivity contribution is 0.276. The molecule has 0 aromatic heterocycles. The highest BCUT2D eigenvalue weighted by Gasteiger charge is 2.19. The lowest BCUT2D eigenvalue weighted by Crippen LogP contribution is -2.14. The van der Waals surface area contributed by atoms with Crippen LogP contribution < -0.4 is 10.1 Å². The molecule has 1 fully saturated rings. The van der Waals surface area contributed by atoms with Crippen molar-refractivity contribution in [2.45, 2.75) is 32.0 Å². The fraction of sp³-hybridized carbons (Fsp3) is 0.294. The van der Waals surface area contributed by atoms with Gasteiger partial charge in [-0.25, -0.2) is 0 Å². The van der Waals surface area contributed by atoms with Crippen molar-refractivity contribution in [3.05, 3.63) is 59.7 Å². The zero-order chi connectivity index (χ0) is 13.8. The molecule has 0 saturated heterocycles. The average Bonchev–Trinajstić information content (AvgIpc) is 3.31. The van der Waals surface area contributed by atoms with Crippen LogP contribution >= 0.6 is 0 Å². The second kappa shape index (κ2) is 6.07. The molecular formula is C17H19NO2. The van der Waals surface area contributed by atoms with Crippen LogP contribution in [0, 0.1) is 0 Å². The molecule has 0 aliphatic heterocycles. The molecule has 1 aliphatic carbocycles. The van der Waals surface area contributed by atoms with E-state index in [2.05, 4.69) is 17.4 Å². The van der Waals surface area contributed by atoms with Gasteiger partial charge in [-0.2, -0.15) is 0 Å². The molecule has 20 heavy (non-hydrogen) atoms. The summed E-state index contributed by atoms with van der Waals surface area (Å²) in [6.07, 6.45) is 2.61. The molecule has 0 amide bonds. The predicted molar refractivity (Wildman–Crippen MR) is 78.7 cm³/mol. The molecular weight excluding hydrogens is 250 g/mol. The van der Waals surface area contributed by atoms with Crippen LogP contribution in [0.4, 0.5) is 0 Å². The highest BCUT2D eigenvalue weighted by Crippen LogP contribution is 2.25. The summed E-state index contributed by atoms with van der Waals surface area (Å²) < 4.78 is 5.81. The predicted octanol–water partition coefficient (Wildman–Crippen LogP) is 3.22. The summed E-state index contributed by atoms with van der Waals surface area (Å²) in [5.41, 5.74) is 2.06. The first-order valence-corrected chi connectivity index (χ1v) is 7.04. The minimum atomic E-state index is -0.0143. The second-order valence-electron chi connectivity index (χ2n) is 5.17. The van der Waals surface area contributed by atoms with Gasteiger partial charge in [-0.1, -0.05) is 30.3 Å². The maximum atomic E-state index is 9.28. The van der Waals surface area contributed by atoms with E-state index in [0.29, 0.717) is 5.75 Å². The molecule has 2 aromatic rings. The zero-order valence-electron chi connectivity index (χ0n) is 11.4. The molecule has 0 radical (unpaired) electrons. The second-order valence-corrected chi connectivity index (χ2v) is 5.17. The highest BCUT2D eigenvalue weighted by atomic mass is 16.5. The van der Waals surface area contributed by atoms with E-state index < -0.39 is 0 Å². The van der Waals surface area contributed by atoms with Crippen LogP contribution in [-0.4, -0.2) is 11.1 Å². The van der Waals surface area contributed by atoms with Gasteiger partial charge in [-0.05, 0) is 36.6 Å². The molecule has 3 nitrogen and oxygen atoms in total. The number of hydrogen-bond donors (Lipinski definition) is 2. The summed E-state index contributed by atoms with van der Waals surface area (Å²) in [6.45, 7) is 0.901. The van der Waals surface area contributed by atoms with E-state index in [1.54, 1.807) is 0 Å². The van der Waals surface area contributed by atoms with Crippen molar-refractivity contribution in [2.75, 3.05) is 0 Å². The van der Waals surface area contributed by atoms with Gasteiger partial charge in [0.15, 0.2) is 0 Å². The maximum absolute atomic E-state index is 9.28. The Morgan fingerprint density at radius 2 is 1.80 bits per heavy atom. The van der Waals surface area contributed by atoms with Gasteiger partial charge in [0, 0.05) is 18.2 Å². The number of rotatable bonds is 6. The topological polar surface area (TPSA) is 41.5 Å². The number of hydrogen-bond acceptors (Lipinski definition) is 3. The van der Waals surface area contributed by atoms with Gasteiger partial charge in [0.05, 0.1) is 6.61 Å². The first-order valence-electron chi connectivity index (χ1n) is 7.04. The Balaban J connectivity index is 1.64. The van der Waals surface area contributed by atoms with Gasteiger partial charge in [0.25, 0.3) is 0 Å². The Morgan fingerprint density at radius 3 is 2.50 bits per heavy atom. The smallest absolute Gasteiger partial charge is 0.132 e. The number of aliphatic hydroxyl groups excluding tert-OH is 1. The minimum absolute atomic E-state index is 0.0143. The van der Waals surface area contributed by atoms with Gasteiger partial charge in [0.1, 0.15) is 11.5 Å². The molecule has 0 unspecified atom stereocenters. The number of aliphatic hydroxyl groups is 1. The largest absolute Gasteiger partial charge is 0.457 e. The standard InChI is InChI=1S/C17H19NO2/c19-12-14-3-1-2-4-17(14)20-16-9-5-13(6-10-16)11-18-15-7-8-15/h1-6,9-10,15,18-19H,7-8,11-12H2. The third kappa shape index (κ3) is 3.38. The minimum Gasteiger partial charge on any atom is -0.457 e. The Hall–Kier alpha value is -1.84. The molecule has 1 aliphatic rings. The molecule has 3 heteroatoms. The van der Waals surface area contributed by atoms with Crippen LogP contribution in [0.1, 0.15) is 24.0 Å². The first-order chi connectivity index (χ1) is 9.85. The Morgan fingerprint density at radius 1 is 1.05 bits per heavy atom. The fourth-order valence-electron chi connectivity index (χ4n) is 2.09. The lowest BCUT2D eigenvalue weighted by Gasteiger charge is -2.10. The number of ether oxygens (including phenoxy) is 1. The van der Waals surface area contributed by atoms with Crippen molar-refractivity contribution in [2.24, 2.45) is 0 Å². The molecule has 2 aromatic carbocycles. The monoisotopic (exact) mass is 269 g/mol. The van der Waals surface area contributed by atoms with E-state index in [4.69, 9.17) is 4.74 Å². The summed E-state index contributed by atoms with van der Waals surface area (Å²) in [6, 6.07) is 16.3. The van der Waals surface area contributed by atoms with E-state index >= 15 is 0 Å². The van der Waals surface area contributed by atoms with Crippen molar-refractivity contribution in [1.82, 2.24) is 5.32 Å². The van der Waals surface area contributed by atoms with Gasteiger partial charge < -0.3 is 15.2 Å². The van der Waals surface area contributed by atoms with E-state index in [1.807, 2.05) is 36.4 Å². The van der Waals surface area contributed by atoms with Crippen LogP contribution in [0.3, 0.4) is 0 Å². The number of benzene rings is 2. The zero-order valence-corrected chi connectivity index (χ0v) is 11.4. The first kappa shape index (κ1) is 13.2. The average molecular weight is 269 g/mol. The van der Waals surface area contributed by atoms with Crippen LogP contribution in [0.2, 0.25) is 0 Å². The third-order valence-electron chi connectivity index (χ3n) is 3.47. The van der Waals surface area contributed by atoms with E-state index in [1.165, 1.54) is 18.4 Å².